The fourth-order valence-electron chi connectivity index (χ4n) is 0.766. The zero-order valence-electron chi connectivity index (χ0n) is 7.58. The monoisotopic (exact) mass is 202 g/mol. The second kappa shape index (κ2) is 5.39. The molecule has 0 saturated heterocycles. The van der Waals surface area contributed by atoms with E-state index in [1.807, 2.05) is 0 Å². The number of hydrogen-bond donors (Lipinski definition) is 2. The van der Waals surface area contributed by atoms with Crippen LogP contribution in [0.2, 0.25) is 0 Å². The van der Waals surface area contributed by atoms with Crippen LogP contribution in [0.15, 0.2) is 0 Å². The molecule has 0 aromatic carbocycles. The summed E-state index contributed by atoms with van der Waals surface area (Å²) in [5, 5.41) is 5.05. The van der Waals surface area contributed by atoms with Gasteiger partial charge in [-0.3, -0.25) is 0 Å². The van der Waals surface area contributed by atoms with Gasteiger partial charge in [-0.25, -0.2) is 8.78 Å². The van der Waals surface area contributed by atoms with Crippen molar-refractivity contribution in [3.8, 4) is 0 Å². The molecular formula is C7H14F4N2. The van der Waals surface area contributed by atoms with Crippen molar-refractivity contribution in [2.75, 3.05) is 20.1 Å². The Morgan fingerprint density at radius 2 is 1.85 bits per heavy atom. The Morgan fingerprint density at radius 3 is 2.23 bits per heavy atom. The highest BCUT2D eigenvalue weighted by molar-refractivity contribution is 4.75. The minimum atomic E-state index is -3.94. The molecule has 0 aromatic heterocycles. The first-order valence-electron chi connectivity index (χ1n) is 3.94. The molecule has 1 atom stereocenters. The lowest BCUT2D eigenvalue weighted by molar-refractivity contribution is -0.126. The van der Waals surface area contributed by atoms with Crippen molar-refractivity contribution in [3.63, 3.8) is 0 Å². The first kappa shape index (κ1) is 12.6. The molecular weight excluding hydrogens is 188 g/mol. The Bertz CT molecular complexity index is 140. The van der Waals surface area contributed by atoms with Crippen LogP contribution in [-0.2, 0) is 0 Å². The highest BCUT2D eigenvalue weighted by Crippen LogP contribution is 2.21. The van der Waals surface area contributed by atoms with E-state index in [0.29, 0.717) is 6.54 Å². The Kier molecular flexibility index (Phi) is 5.24. The van der Waals surface area contributed by atoms with Crippen LogP contribution in [0.25, 0.3) is 0 Å². The van der Waals surface area contributed by atoms with Crippen LogP contribution < -0.4 is 10.6 Å². The largest absolute Gasteiger partial charge is 0.319 e. The average molecular weight is 202 g/mol. The summed E-state index contributed by atoms with van der Waals surface area (Å²) in [7, 11) is 1.66. The van der Waals surface area contributed by atoms with Crippen molar-refractivity contribution in [2.24, 2.45) is 0 Å². The van der Waals surface area contributed by atoms with E-state index >= 15 is 0 Å². The number of rotatable bonds is 6. The first-order chi connectivity index (χ1) is 5.90. The van der Waals surface area contributed by atoms with Gasteiger partial charge in [0.2, 0.25) is 0 Å². The van der Waals surface area contributed by atoms with Gasteiger partial charge in [-0.1, -0.05) is 0 Å². The SMILES string of the molecule is CNCC(C)NCC(F)(F)C(F)F. The third-order valence-corrected chi connectivity index (χ3v) is 1.52. The second-order valence-electron chi connectivity index (χ2n) is 2.90. The topological polar surface area (TPSA) is 24.1 Å². The smallest absolute Gasteiger partial charge is 0.318 e. The summed E-state index contributed by atoms with van der Waals surface area (Å²) in [5.74, 6) is -3.94. The van der Waals surface area contributed by atoms with Crippen LogP contribution in [0, 0.1) is 0 Å². The summed E-state index contributed by atoms with van der Waals surface area (Å²) < 4.78 is 47.9. The number of alkyl halides is 4. The van der Waals surface area contributed by atoms with Gasteiger partial charge in [0, 0.05) is 12.6 Å². The average Bonchev–Trinajstić information content (AvgIpc) is 2.01. The molecule has 6 heteroatoms. The Labute approximate surface area is 74.7 Å². The Morgan fingerprint density at radius 1 is 1.31 bits per heavy atom. The fraction of sp³-hybridized carbons (Fsp3) is 1.00. The molecule has 0 amide bonds. The maximum Gasteiger partial charge on any atom is 0.319 e. The highest BCUT2D eigenvalue weighted by Gasteiger charge is 2.40. The van der Waals surface area contributed by atoms with Gasteiger partial charge in [0.05, 0.1) is 6.54 Å². The lowest BCUT2D eigenvalue weighted by Crippen LogP contribution is -2.45. The van der Waals surface area contributed by atoms with E-state index in [1.165, 1.54) is 0 Å². The van der Waals surface area contributed by atoms with Gasteiger partial charge in [-0.05, 0) is 14.0 Å². The summed E-state index contributed by atoms with van der Waals surface area (Å²) in [6, 6.07) is -0.255. The van der Waals surface area contributed by atoms with Crippen molar-refractivity contribution < 1.29 is 17.6 Å². The van der Waals surface area contributed by atoms with Gasteiger partial charge in [-0.15, -0.1) is 0 Å². The minimum absolute atomic E-state index is 0.255. The van der Waals surface area contributed by atoms with E-state index in [1.54, 1.807) is 14.0 Å². The molecule has 0 saturated carbocycles. The molecule has 13 heavy (non-hydrogen) atoms. The summed E-state index contributed by atoms with van der Waals surface area (Å²) in [4.78, 5) is 0. The Balaban J connectivity index is 3.74. The molecule has 1 unspecified atom stereocenters. The fourth-order valence-corrected chi connectivity index (χ4v) is 0.766. The molecule has 0 rings (SSSR count). The standard InChI is InChI=1S/C7H14F4N2/c1-5(3-12-2)13-4-7(10,11)6(8)9/h5-6,12-13H,3-4H2,1-2H3. The van der Waals surface area contributed by atoms with Gasteiger partial charge in [0.15, 0.2) is 0 Å². The normalized spacial score (nSPS) is 15.0. The van der Waals surface area contributed by atoms with E-state index in [4.69, 9.17) is 0 Å². The van der Waals surface area contributed by atoms with Gasteiger partial charge in [0.25, 0.3) is 0 Å². The van der Waals surface area contributed by atoms with E-state index < -0.39 is 18.9 Å². The quantitative estimate of drug-likeness (QED) is 0.630. The van der Waals surface area contributed by atoms with E-state index in [-0.39, 0.29) is 6.04 Å². The summed E-state index contributed by atoms with van der Waals surface area (Å²) >= 11 is 0. The van der Waals surface area contributed by atoms with Crippen molar-refractivity contribution in [1.82, 2.24) is 10.6 Å². The van der Waals surface area contributed by atoms with Crippen molar-refractivity contribution in [2.45, 2.75) is 25.3 Å². The first-order valence-corrected chi connectivity index (χ1v) is 3.94. The molecule has 0 spiro atoms. The lowest BCUT2D eigenvalue weighted by Gasteiger charge is -2.19. The molecule has 0 bridgehead atoms. The van der Waals surface area contributed by atoms with Crippen LogP contribution in [0.4, 0.5) is 17.6 Å². The molecule has 80 valence electrons. The number of hydrogen-bond acceptors (Lipinski definition) is 2. The Hall–Kier alpha value is -0.360. The number of likely N-dealkylation sites (N-methyl/N-ethyl adjacent to an activating group) is 1. The third-order valence-electron chi connectivity index (χ3n) is 1.52. The molecule has 0 radical (unpaired) electrons. The molecule has 0 fully saturated rings. The van der Waals surface area contributed by atoms with Gasteiger partial charge in [0.1, 0.15) is 0 Å². The van der Waals surface area contributed by atoms with Gasteiger partial charge >= 0.3 is 12.3 Å². The molecule has 0 aromatic rings. The van der Waals surface area contributed by atoms with E-state index in [2.05, 4.69) is 10.6 Å². The molecule has 2 N–H and O–H groups in total. The molecule has 0 aliphatic carbocycles. The predicted octanol–water partition coefficient (Wildman–Crippen LogP) is 1.08. The summed E-state index contributed by atoms with van der Waals surface area (Å²) in [6.07, 6.45) is -3.61. The van der Waals surface area contributed by atoms with Crippen LogP contribution in [0.5, 0.6) is 0 Å². The zero-order valence-corrected chi connectivity index (χ0v) is 7.58. The summed E-state index contributed by atoms with van der Waals surface area (Å²) in [6.45, 7) is 1.10. The second-order valence-corrected chi connectivity index (χ2v) is 2.90. The van der Waals surface area contributed by atoms with Crippen molar-refractivity contribution >= 4 is 0 Å². The van der Waals surface area contributed by atoms with Crippen LogP contribution in [0.1, 0.15) is 6.92 Å². The van der Waals surface area contributed by atoms with Crippen LogP contribution in [0.3, 0.4) is 0 Å². The maximum absolute atomic E-state index is 12.3. The van der Waals surface area contributed by atoms with Gasteiger partial charge < -0.3 is 10.6 Å². The minimum Gasteiger partial charge on any atom is -0.318 e. The number of nitrogens with one attached hydrogen (secondary N) is 2. The lowest BCUT2D eigenvalue weighted by atomic mass is 10.3. The van der Waals surface area contributed by atoms with Crippen molar-refractivity contribution in [3.05, 3.63) is 0 Å². The van der Waals surface area contributed by atoms with E-state index in [0.717, 1.165) is 0 Å². The highest BCUT2D eigenvalue weighted by atomic mass is 19.3. The maximum atomic E-state index is 12.3. The molecule has 0 aliphatic heterocycles. The molecule has 2 nitrogen and oxygen atoms in total. The predicted molar refractivity (Wildman–Crippen MR) is 42.3 cm³/mol. The third kappa shape index (κ3) is 5.05. The molecule has 0 aliphatic rings. The van der Waals surface area contributed by atoms with E-state index in [9.17, 15) is 17.6 Å². The number of halogens is 4. The summed E-state index contributed by atoms with van der Waals surface area (Å²) in [5.41, 5.74) is 0. The molecule has 0 heterocycles. The van der Waals surface area contributed by atoms with Crippen LogP contribution >= 0.6 is 0 Å². The zero-order chi connectivity index (χ0) is 10.5. The van der Waals surface area contributed by atoms with Crippen molar-refractivity contribution in [1.29, 1.82) is 0 Å². The van der Waals surface area contributed by atoms with Crippen LogP contribution in [-0.4, -0.2) is 38.5 Å². The van der Waals surface area contributed by atoms with Gasteiger partial charge in [-0.2, -0.15) is 8.78 Å².